The summed E-state index contributed by atoms with van der Waals surface area (Å²) in [6.07, 6.45) is 0. The molecule has 6 heteroatoms. The van der Waals surface area contributed by atoms with Crippen LogP contribution in [0.3, 0.4) is 0 Å². The van der Waals surface area contributed by atoms with Crippen LogP contribution in [0.2, 0.25) is 0 Å². The highest BCUT2D eigenvalue weighted by molar-refractivity contribution is 5.76. The summed E-state index contributed by atoms with van der Waals surface area (Å²) in [4.78, 5) is 0. The van der Waals surface area contributed by atoms with E-state index in [1.165, 1.54) is 16.8 Å². The normalized spacial score (nSPS) is 10.9. The molecule has 2 N–H and O–H groups in total. The van der Waals surface area contributed by atoms with Gasteiger partial charge in [-0.3, -0.25) is 0 Å². The van der Waals surface area contributed by atoms with Crippen LogP contribution in [0.5, 0.6) is 11.5 Å². The van der Waals surface area contributed by atoms with E-state index in [2.05, 4.69) is 10.3 Å². The molecule has 102 valence electrons. The van der Waals surface area contributed by atoms with Crippen molar-refractivity contribution in [2.45, 2.75) is 6.92 Å². The van der Waals surface area contributed by atoms with Gasteiger partial charge < -0.3 is 10.5 Å². The predicted molar refractivity (Wildman–Crippen MR) is 74.1 cm³/mol. The molecule has 0 saturated heterocycles. The molecular weight excluding hydrogens is 259 g/mol. The molecular formula is C14H13FN4O. The van der Waals surface area contributed by atoms with Crippen molar-refractivity contribution < 1.29 is 9.13 Å². The first-order chi connectivity index (χ1) is 9.54. The van der Waals surface area contributed by atoms with Crippen molar-refractivity contribution in [1.29, 1.82) is 0 Å². The van der Waals surface area contributed by atoms with E-state index in [0.29, 0.717) is 22.5 Å². The summed E-state index contributed by atoms with van der Waals surface area (Å²) in [5, 5.41) is 7.79. The van der Waals surface area contributed by atoms with E-state index in [9.17, 15) is 4.39 Å². The Morgan fingerprint density at radius 2 is 2.00 bits per heavy atom. The molecule has 1 aromatic heterocycles. The van der Waals surface area contributed by atoms with E-state index in [0.717, 1.165) is 5.56 Å². The summed E-state index contributed by atoms with van der Waals surface area (Å²) in [6, 6.07) is 8.09. The van der Waals surface area contributed by atoms with Crippen LogP contribution in [0.1, 0.15) is 5.56 Å². The molecule has 20 heavy (non-hydrogen) atoms. The molecule has 0 unspecified atom stereocenters. The van der Waals surface area contributed by atoms with Gasteiger partial charge in [0.15, 0.2) is 11.6 Å². The Balaban J connectivity index is 2.03. The highest BCUT2D eigenvalue weighted by atomic mass is 19.1. The zero-order valence-corrected chi connectivity index (χ0v) is 11.1. The highest BCUT2D eigenvalue weighted by Gasteiger charge is 2.12. The van der Waals surface area contributed by atoms with Gasteiger partial charge in [-0.1, -0.05) is 5.21 Å². The van der Waals surface area contributed by atoms with E-state index < -0.39 is 5.82 Å². The third-order valence-corrected chi connectivity index (χ3v) is 3.08. The average molecular weight is 272 g/mol. The number of fused-ring (bicyclic) bond motifs is 1. The molecule has 5 nitrogen and oxygen atoms in total. The Labute approximate surface area is 114 Å². The number of anilines is 1. The van der Waals surface area contributed by atoms with Crippen molar-refractivity contribution in [2.75, 3.05) is 5.73 Å². The summed E-state index contributed by atoms with van der Waals surface area (Å²) >= 11 is 0. The molecule has 3 rings (SSSR count). The smallest absolute Gasteiger partial charge is 0.168 e. The number of benzene rings is 2. The fourth-order valence-corrected chi connectivity index (χ4v) is 2.02. The third-order valence-electron chi connectivity index (χ3n) is 3.08. The largest absolute Gasteiger partial charge is 0.454 e. The van der Waals surface area contributed by atoms with Crippen LogP contribution in [-0.4, -0.2) is 15.0 Å². The molecule has 0 aliphatic carbocycles. The minimum Gasteiger partial charge on any atom is -0.454 e. The quantitative estimate of drug-likeness (QED) is 0.728. The van der Waals surface area contributed by atoms with Gasteiger partial charge in [0.1, 0.15) is 11.3 Å². The second-order valence-electron chi connectivity index (χ2n) is 4.61. The molecule has 0 spiro atoms. The summed E-state index contributed by atoms with van der Waals surface area (Å²) in [5.74, 6) is 0.214. The highest BCUT2D eigenvalue weighted by Crippen LogP contribution is 2.30. The van der Waals surface area contributed by atoms with Crippen LogP contribution in [0.25, 0.3) is 11.0 Å². The number of nitrogen functional groups attached to an aromatic ring is 1. The third kappa shape index (κ3) is 2.05. The van der Waals surface area contributed by atoms with Crippen LogP contribution in [-0.2, 0) is 7.05 Å². The topological polar surface area (TPSA) is 66.0 Å². The van der Waals surface area contributed by atoms with Crippen LogP contribution in [0, 0.1) is 12.7 Å². The van der Waals surface area contributed by atoms with Gasteiger partial charge in [-0.15, -0.1) is 5.10 Å². The maximum atomic E-state index is 14.1. The molecule has 1 heterocycles. The van der Waals surface area contributed by atoms with Crippen LogP contribution >= 0.6 is 0 Å². The fraction of sp³-hybridized carbons (Fsp3) is 0.143. The second-order valence-corrected chi connectivity index (χ2v) is 4.61. The van der Waals surface area contributed by atoms with E-state index in [1.807, 2.05) is 6.92 Å². The first-order valence-electron chi connectivity index (χ1n) is 6.07. The number of aromatic nitrogens is 3. The molecule has 2 aromatic carbocycles. The maximum absolute atomic E-state index is 14.1. The lowest BCUT2D eigenvalue weighted by molar-refractivity contribution is 0.440. The average Bonchev–Trinajstić information content (AvgIpc) is 2.74. The summed E-state index contributed by atoms with van der Waals surface area (Å²) in [7, 11) is 1.71. The van der Waals surface area contributed by atoms with Crippen molar-refractivity contribution in [3.05, 3.63) is 41.7 Å². The first kappa shape index (κ1) is 12.4. The lowest BCUT2D eigenvalue weighted by Gasteiger charge is -2.10. The van der Waals surface area contributed by atoms with E-state index >= 15 is 0 Å². The van der Waals surface area contributed by atoms with Crippen molar-refractivity contribution in [1.82, 2.24) is 15.0 Å². The zero-order valence-electron chi connectivity index (χ0n) is 11.1. The first-order valence-corrected chi connectivity index (χ1v) is 6.07. The molecule has 0 bridgehead atoms. The predicted octanol–water partition coefficient (Wildman–Crippen LogP) is 2.79. The van der Waals surface area contributed by atoms with Crippen LogP contribution < -0.4 is 10.5 Å². The Morgan fingerprint density at radius 3 is 2.75 bits per heavy atom. The standard InChI is InChI=1S/C14H13FN4O/c1-8-5-9(16)3-4-13(8)20-14-7-11-12(6-10(14)15)19(2)18-17-11/h3-7H,16H2,1-2H3. The minimum atomic E-state index is -0.459. The molecule has 0 fully saturated rings. The molecule has 0 saturated carbocycles. The monoisotopic (exact) mass is 272 g/mol. The summed E-state index contributed by atoms with van der Waals surface area (Å²) < 4.78 is 21.2. The van der Waals surface area contributed by atoms with Crippen LogP contribution in [0.15, 0.2) is 30.3 Å². The number of aryl methyl sites for hydroxylation is 2. The Hall–Kier alpha value is -2.63. The van der Waals surface area contributed by atoms with Gasteiger partial charge in [0, 0.05) is 24.9 Å². The van der Waals surface area contributed by atoms with Gasteiger partial charge in [0.25, 0.3) is 0 Å². The van der Waals surface area contributed by atoms with Crippen molar-refractivity contribution in [2.24, 2.45) is 7.05 Å². The van der Waals surface area contributed by atoms with Gasteiger partial charge >= 0.3 is 0 Å². The summed E-state index contributed by atoms with van der Waals surface area (Å²) in [5.41, 5.74) is 8.35. The molecule has 0 aliphatic heterocycles. The number of nitrogens with zero attached hydrogens (tertiary/aromatic N) is 3. The van der Waals surface area contributed by atoms with Crippen molar-refractivity contribution in [3.63, 3.8) is 0 Å². The van der Waals surface area contributed by atoms with E-state index in [1.54, 1.807) is 25.2 Å². The SMILES string of the molecule is Cc1cc(N)ccc1Oc1cc2nnn(C)c2cc1F. The summed E-state index contributed by atoms with van der Waals surface area (Å²) in [6.45, 7) is 1.85. The Kier molecular flexibility index (Phi) is 2.78. The fourth-order valence-electron chi connectivity index (χ4n) is 2.02. The number of ether oxygens (including phenoxy) is 1. The lowest BCUT2D eigenvalue weighted by atomic mass is 10.2. The molecule has 0 aliphatic rings. The van der Waals surface area contributed by atoms with Crippen molar-refractivity contribution in [3.8, 4) is 11.5 Å². The Morgan fingerprint density at radius 1 is 1.20 bits per heavy atom. The van der Waals surface area contributed by atoms with Gasteiger partial charge in [-0.2, -0.15) is 0 Å². The second kappa shape index (κ2) is 4.48. The number of halogens is 1. The number of hydrogen-bond acceptors (Lipinski definition) is 4. The van der Waals surface area contributed by atoms with Gasteiger partial charge in [-0.05, 0) is 30.7 Å². The van der Waals surface area contributed by atoms with E-state index in [4.69, 9.17) is 10.5 Å². The van der Waals surface area contributed by atoms with Gasteiger partial charge in [-0.25, -0.2) is 9.07 Å². The molecule has 0 atom stereocenters. The van der Waals surface area contributed by atoms with Gasteiger partial charge in [0.2, 0.25) is 0 Å². The van der Waals surface area contributed by atoms with Gasteiger partial charge in [0.05, 0.1) is 5.52 Å². The van der Waals surface area contributed by atoms with Crippen LogP contribution in [0.4, 0.5) is 10.1 Å². The zero-order chi connectivity index (χ0) is 14.3. The molecule has 3 aromatic rings. The van der Waals surface area contributed by atoms with E-state index in [-0.39, 0.29) is 5.75 Å². The molecule has 0 radical (unpaired) electrons. The Bertz CT molecular complexity index is 797. The molecule has 0 amide bonds. The lowest BCUT2D eigenvalue weighted by Crippen LogP contribution is -1.94. The minimum absolute atomic E-state index is 0.117. The number of hydrogen-bond donors (Lipinski definition) is 1. The van der Waals surface area contributed by atoms with Crippen molar-refractivity contribution >= 4 is 16.7 Å². The number of nitrogens with two attached hydrogens (primary N) is 1. The number of rotatable bonds is 2. The maximum Gasteiger partial charge on any atom is 0.168 e.